The van der Waals surface area contributed by atoms with Crippen LogP contribution >= 0.6 is 23.2 Å². The molecular weight excluding hydrogens is 477 g/mol. The van der Waals surface area contributed by atoms with Crippen molar-refractivity contribution in [3.8, 4) is 11.5 Å². The third-order valence-corrected chi connectivity index (χ3v) is 5.93. The van der Waals surface area contributed by atoms with Crippen molar-refractivity contribution in [1.82, 2.24) is 10.6 Å². The molecule has 1 saturated carbocycles. The van der Waals surface area contributed by atoms with Gasteiger partial charge in [0.1, 0.15) is 23.1 Å². The zero-order valence-electron chi connectivity index (χ0n) is 17.7. The Bertz CT molecular complexity index is 985. The van der Waals surface area contributed by atoms with Gasteiger partial charge in [-0.2, -0.15) is 0 Å². The standard InChI is InChI=1S/C23H24Cl2F2N2O4/c24-18-7-5-16(9-20(18)26)32-12-22(30)28-11-14-1-3-15(4-2-14)29-23(31)13-33-17-6-8-19(25)21(27)10-17/h5-10,14-15H,1-4,11-13H2,(H,28,30)(H,29,31)/t14-,15-. The Hall–Kier alpha value is -2.58. The van der Waals surface area contributed by atoms with Crippen LogP contribution in [-0.2, 0) is 9.59 Å². The van der Waals surface area contributed by atoms with Gasteiger partial charge in [-0.3, -0.25) is 9.59 Å². The summed E-state index contributed by atoms with van der Waals surface area (Å²) in [6.45, 7) is 0.0711. The number of ether oxygens (including phenoxy) is 2. The Labute approximate surface area is 200 Å². The van der Waals surface area contributed by atoms with Gasteiger partial charge >= 0.3 is 0 Å². The van der Waals surface area contributed by atoms with Gasteiger partial charge in [0.25, 0.3) is 11.8 Å². The lowest BCUT2D eigenvalue weighted by Crippen LogP contribution is -2.42. The fraction of sp³-hybridized carbons (Fsp3) is 0.391. The van der Waals surface area contributed by atoms with E-state index in [4.69, 9.17) is 32.7 Å². The molecular formula is C23H24Cl2F2N2O4. The van der Waals surface area contributed by atoms with Crippen LogP contribution in [0.25, 0.3) is 0 Å². The first-order chi connectivity index (χ1) is 15.8. The van der Waals surface area contributed by atoms with Gasteiger partial charge in [0, 0.05) is 24.7 Å². The molecule has 3 rings (SSSR count). The third-order valence-electron chi connectivity index (χ3n) is 5.32. The van der Waals surface area contributed by atoms with Crippen LogP contribution in [0.1, 0.15) is 25.7 Å². The summed E-state index contributed by atoms with van der Waals surface area (Å²) in [7, 11) is 0. The molecule has 1 fully saturated rings. The second-order valence-corrected chi connectivity index (χ2v) is 8.63. The molecule has 33 heavy (non-hydrogen) atoms. The molecule has 2 aromatic carbocycles. The first kappa shape index (κ1) is 25.1. The van der Waals surface area contributed by atoms with Crippen LogP contribution in [0, 0.1) is 17.6 Å². The monoisotopic (exact) mass is 500 g/mol. The molecule has 178 valence electrons. The quantitative estimate of drug-likeness (QED) is 0.530. The van der Waals surface area contributed by atoms with Crippen LogP contribution in [-0.4, -0.2) is 37.6 Å². The van der Waals surface area contributed by atoms with Crippen molar-refractivity contribution in [1.29, 1.82) is 0 Å². The van der Waals surface area contributed by atoms with Crippen molar-refractivity contribution in [2.75, 3.05) is 19.8 Å². The van der Waals surface area contributed by atoms with E-state index in [0.29, 0.717) is 12.5 Å². The summed E-state index contributed by atoms with van der Waals surface area (Å²) in [6, 6.07) is 8.01. The van der Waals surface area contributed by atoms with Gasteiger partial charge in [0.15, 0.2) is 13.2 Å². The number of amides is 2. The molecule has 6 nitrogen and oxygen atoms in total. The summed E-state index contributed by atoms with van der Waals surface area (Å²) < 4.78 is 37.4. The summed E-state index contributed by atoms with van der Waals surface area (Å²) in [6.07, 6.45) is 3.25. The highest BCUT2D eigenvalue weighted by molar-refractivity contribution is 6.31. The molecule has 0 unspecified atom stereocenters. The molecule has 0 heterocycles. The van der Waals surface area contributed by atoms with Gasteiger partial charge in [0.2, 0.25) is 0 Å². The maximum atomic E-state index is 13.4. The average molecular weight is 501 g/mol. The second kappa shape index (κ2) is 12.0. The van der Waals surface area contributed by atoms with E-state index in [9.17, 15) is 18.4 Å². The first-order valence-corrected chi connectivity index (χ1v) is 11.3. The molecule has 0 aliphatic heterocycles. The van der Waals surface area contributed by atoms with Gasteiger partial charge in [0.05, 0.1) is 10.0 Å². The zero-order valence-corrected chi connectivity index (χ0v) is 19.2. The zero-order chi connectivity index (χ0) is 23.8. The van der Waals surface area contributed by atoms with Gasteiger partial charge in [-0.25, -0.2) is 8.78 Å². The second-order valence-electron chi connectivity index (χ2n) is 7.82. The highest BCUT2D eigenvalue weighted by Gasteiger charge is 2.23. The summed E-state index contributed by atoms with van der Waals surface area (Å²) >= 11 is 11.2. The summed E-state index contributed by atoms with van der Waals surface area (Å²) in [5.74, 6) is -1.03. The molecule has 0 radical (unpaired) electrons. The van der Waals surface area contributed by atoms with Crippen LogP contribution in [0.5, 0.6) is 11.5 Å². The molecule has 1 aliphatic carbocycles. The van der Waals surface area contributed by atoms with E-state index < -0.39 is 11.6 Å². The van der Waals surface area contributed by atoms with E-state index in [0.717, 1.165) is 37.8 Å². The molecule has 2 N–H and O–H groups in total. The van der Waals surface area contributed by atoms with E-state index in [2.05, 4.69) is 10.6 Å². The lowest BCUT2D eigenvalue weighted by atomic mass is 9.86. The summed E-state index contributed by atoms with van der Waals surface area (Å²) in [5.41, 5.74) is 0. The Balaban J connectivity index is 1.29. The number of carbonyl (C=O) groups is 2. The van der Waals surface area contributed by atoms with Crippen LogP contribution in [0.4, 0.5) is 8.78 Å². The minimum Gasteiger partial charge on any atom is -0.484 e. The highest BCUT2D eigenvalue weighted by atomic mass is 35.5. The first-order valence-electron chi connectivity index (χ1n) is 10.5. The largest absolute Gasteiger partial charge is 0.484 e. The molecule has 10 heteroatoms. The highest BCUT2D eigenvalue weighted by Crippen LogP contribution is 2.24. The normalized spacial score (nSPS) is 17.8. The SMILES string of the molecule is O=C(COc1ccc(Cl)c(F)c1)NC[C@H]1CC[C@H](NC(=O)COc2ccc(Cl)c(F)c2)CC1. The van der Waals surface area contributed by atoms with Gasteiger partial charge < -0.3 is 20.1 Å². The topological polar surface area (TPSA) is 76.7 Å². The van der Waals surface area contributed by atoms with Gasteiger partial charge in [-0.1, -0.05) is 23.2 Å². The maximum Gasteiger partial charge on any atom is 0.258 e. The predicted octanol–water partition coefficient (Wildman–Crippen LogP) is 4.52. The van der Waals surface area contributed by atoms with Crippen molar-refractivity contribution >= 4 is 35.0 Å². The van der Waals surface area contributed by atoms with Crippen LogP contribution in [0.2, 0.25) is 10.0 Å². The molecule has 0 atom stereocenters. The number of rotatable bonds is 9. The Morgan fingerprint density at radius 1 is 0.848 bits per heavy atom. The number of hydrogen-bond donors (Lipinski definition) is 2. The van der Waals surface area contributed by atoms with E-state index in [1.54, 1.807) is 0 Å². The average Bonchev–Trinajstić information content (AvgIpc) is 2.80. The van der Waals surface area contributed by atoms with E-state index in [1.165, 1.54) is 24.3 Å². The molecule has 0 aromatic heterocycles. The lowest BCUT2D eigenvalue weighted by molar-refractivity contribution is -0.124. The van der Waals surface area contributed by atoms with Crippen molar-refractivity contribution in [3.63, 3.8) is 0 Å². The Morgan fingerprint density at radius 2 is 1.36 bits per heavy atom. The van der Waals surface area contributed by atoms with Gasteiger partial charge in [-0.05, 0) is 55.9 Å². The molecule has 2 amide bonds. The van der Waals surface area contributed by atoms with Gasteiger partial charge in [-0.15, -0.1) is 0 Å². The number of benzene rings is 2. The van der Waals surface area contributed by atoms with Crippen molar-refractivity contribution in [2.24, 2.45) is 5.92 Å². The minimum atomic E-state index is -0.608. The summed E-state index contributed by atoms with van der Waals surface area (Å²) in [5, 5.41) is 5.72. The third kappa shape index (κ3) is 8.05. The number of hydrogen-bond acceptors (Lipinski definition) is 4. The van der Waals surface area contributed by atoms with E-state index in [-0.39, 0.29) is 52.6 Å². The van der Waals surface area contributed by atoms with E-state index in [1.807, 2.05) is 0 Å². The number of halogens is 4. The van der Waals surface area contributed by atoms with E-state index >= 15 is 0 Å². The molecule has 2 aromatic rings. The van der Waals surface area contributed by atoms with Crippen LogP contribution in [0.3, 0.4) is 0 Å². The molecule has 0 saturated heterocycles. The van der Waals surface area contributed by atoms with Crippen molar-refractivity contribution < 1.29 is 27.8 Å². The smallest absolute Gasteiger partial charge is 0.258 e. The predicted molar refractivity (Wildman–Crippen MR) is 121 cm³/mol. The fourth-order valence-corrected chi connectivity index (χ4v) is 3.76. The molecule has 0 spiro atoms. The molecule has 0 bridgehead atoms. The van der Waals surface area contributed by atoms with Crippen molar-refractivity contribution in [2.45, 2.75) is 31.7 Å². The fourth-order valence-electron chi connectivity index (χ4n) is 3.52. The van der Waals surface area contributed by atoms with Crippen molar-refractivity contribution in [3.05, 3.63) is 58.1 Å². The Morgan fingerprint density at radius 3 is 1.88 bits per heavy atom. The Kier molecular flexibility index (Phi) is 9.14. The van der Waals surface area contributed by atoms with Crippen LogP contribution < -0.4 is 20.1 Å². The van der Waals surface area contributed by atoms with Crippen LogP contribution in [0.15, 0.2) is 36.4 Å². The molecule has 1 aliphatic rings. The maximum absolute atomic E-state index is 13.4. The summed E-state index contributed by atoms with van der Waals surface area (Å²) in [4.78, 5) is 24.1. The number of carbonyl (C=O) groups excluding carboxylic acids is 2. The number of nitrogens with one attached hydrogen (secondary N) is 2. The lowest BCUT2D eigenvalue weighted by Gasteiger charge is -2.29. The minimum absolute atomic E-state index is 0.00998.